The molecule has 160 valence electrons. The van der Waals surface area contributed by atoms with Crippen molar-refractivity contribution in [1.82, 2.24) is 15.3 Å². The van der Waals surface area contributed by atoms with Crippen molar-refractivity contribution in [3.63, 3.8) is 0 Å². The maximum Gasteiger partial charge on any atom is 0.263 e. The van der Waals surface area contributed by atoms with Crippen LogP contribution in [0.1, 0.15) is 28.9 Å². The van der Waals surface area contributed by atoms with E-state index in [2.05, 4.69) is 20.2 Å². The van der Waals surface area contributed by atoms with Crippen molar-refractivity contribution in [2.45, 2.75) is 13.0 Å². The quantitative estimate of drug-likeness (QED) is 0.652. The van der Waals surface area contributed by atoms with E-state index in [-0.39, 0.29) is 17.8 Å². The number of halogens is 1. The lowest BCUT2D eigenvalue weighted by atomic mass is 10.1. The number of aromatic nitrogens is 2. The van der Waals surface area contributed by atoms with Gasteiger partial charge in [0.25, 0.3) is 11.8 Å². The molecular formula is C23H23FN4O3. The van der Waals surface area contributed by atoms with E-state index in [1.165, 1.54) is 12.1 Å². The SMILES string of the molecule is C[C@H](NC(=O)c1ccc(Oc2nccnc2N2CCOCC2)cc1)c1ccc(F)cc1. The standard InChI is InChI=1S/C23H23FN4O3/c1-16(17-2-6-19(24)7-3-17)27-22(29)18-4-8-20(9-5-18)31-23-21(25-10-11-26-23)28-12-14-30-15-13-28/h2-11,16H,12-15H2,1H3,(H,27,29)/t16-/m0/s1. The van der Waals surface area contributed by atoms with E-state index in [0.29, 0.717) is 36.2 Å². The predicted molar refractivity (Wildman–Crippen MR) is 114 cm³/mol. The first-order valence-electron chi connectivity index (χ1n) is 10.1. The van der Waals surface area contributed by atoms with E-state index in [1.807, 2.05) is 6.92 Å². The van der Waals surface area contributed by atoms with Gasteiger partial charge in [-0.1, -0.05) is 12.1 Å². The van der Waals surface area contributed by atoms with Crippen molar-refractivity contribution in [1.29, 1.82) is 0 Å². The fourth-order valence-corrected chi connectivity index (χ4v) is 3.28. The molecule has 0 unspecified atom stereocenters. The van der Waals surface area contributed by atoms with Crippen molar-refractivity contribution < 1.29 is 18.7 Å². The van der Waals surface area contributed by atoms with Crippen LogP contribution in [0.5, 0.6) is 11.6 Å². The first kappa shape index (κ1) is 20.7. The minimum atomic E-state index is -0.308. The normalized spacial score (nSPS) is 14.7. The van der Waals surface area contributed by atoms with E-state index in [4.69, 9.17) is 9.47 Å². The van der Waals surface area contributed by atoms with Crippen LogP contribution in [0, 0.1) is 5.82 Å². The summed E-state index contributed by atoms with van der Waals surface area (Å²) in [4.78, 5) is 23.4. The molecule has 31 heavy (non-hydrogen) atoms. The number of hydrogen-bond donors (Lipinski definition) is 1. The Kier molecular flexibility index (Phi) is 6.37. The zero-order valence-electron chi connectivity index (χ0n) is 17.1. The Balaban J connectivity index is 1.41. The summed E-state index contributed by atoms with van der Waals surface area (Å²) in [5, 5.41) is 2.91. The number of amides is 1. The zero-order valence-corrected chi connectivity index (χ0v) is 17.1. The maximum absolute atomic E-state index is 13.1. The molecular weight excluding hydrogens is 399 g/mol. The van der Waals surface area contributed by atoms with Gasteiger partial charge in [-0.2, -0.15) is 0 Å². The molecule has 1 atom stereocenters. The van der Waals surface area contributed by atoms with Crippen LogP contribution in [0.25, 0.3) is 0 Å². The molecule has 1 amide bonds. The van der Waals surface area contributed by atoms with Gasteiger partial charge >= 0.3 is 0 Å². The van der Waals surface area contributed by atoms with Crippen LogP contribution >= 0.6 is 0 Å². The summed E-state index contributed by atoms with van der Waals surface area (Å²) in [5.41, 5.74) is 1.32. The Labute approximate surface area is 179 Å². The molecule has 0 radical (unpaired) electrons. The molecule has 1 N–H and O–H groups in total. The Morgan fingerprint density at radius 2 is 1.74 bits per heavy atom. The number of nitrogens with zero attached hydrogens (tertiary/aromatic N) is 3. The van der Waals surface area contributed by atoms with E-state index >= 15 is 0 Å². The highest BCUT2D eigenvalue weighted by atomic mass is 19.1. The van der Waals surface area contributed by atoms with Gasteiger partial charge in [0.05, 0.1) is 19.3 Å². The van der Waals surface area contributed by atoms with Crippen molar-refractivity contribution in [3.05, 3.63) is 77.9 Å². The number of carbonyl (C=O) groups excluding carboxylic acids is 1. The molecule has 7 nitrogen and oxygen atoms in total. The van der Waals surface area contributed by atoms with Gasteiger partial charge in [0, 0.05) is 31.0 Å². The number of carbonyl (C=O) groups is 1. The fraction of sp³-hybridized carbons (Fsp3) is 0.261. The summed E-state index contributed by atoms with van der Waals surface area (Å²) in [6.07, 6.45) is 3.21. The average Bonchev–Trinajstić information content (AvgIpc) is 2.81. The van der Waals surface area contributed by atoms with E-state index < -0.39 is 0 Å². The lowest BCUT2D eigenvalue weighted by molar-refractivity contribution is 0.0940. The van der Waals surface area contributed by atoms with Crippen molar-refractivity contribution >= 4 is 11.7 Å². The van der Waals surface area contributed by atoms with Gasteiger partial charge in [-0.3, -0.25) is 4.79 Å². The third-order valence-electron chi connectivity index (χ3n) is 5.01. The topological polar surface area (TPSA) is 76.6 Å². The molecule has 1 saturated heterocycles. The molecule has 0 saturated carbocycles. The van der Waals surface area contributed by atoms with Gasteiger partial charge in [-0.05, 0) is 48.9 Å². The maximum atomic E-state index is 13.1. The molecule has 0 spiro atoms. The van der Waals surface area contributed by atoms with E-state index in [1.54, 1.807) is 48.8 Å². The van der Waals surface area contributed by atoms with Gasteiger partial charge in [-0.15, -0.1) is 0 Å². The van der Waals surface area contributed by atoms with Crippen LogP contribution < -0.4 is 15.0 Å². The van der Waals surface area contributed by atoms with Crippen LogP contribution in [0.3, 0.4) is 0 Å². The van der Waals surface area contributed by atoms with Crippen molar-refractivity contribution in [2.24, 2.45) is 0 Å². The van der Waals surface area contributed by atoms with Crippen molar-refractivity contribution in [3.8, 4) is 11.6 Å². The van der Waals surface area contributed by atoms with Gasteiger partial charge < -0.3 is 19.7 Å². The molecule has 0 bridgehead atoms. The Hall–Kier alpha value is -3.52. The molecule has 1 aliphatic rings. The lowest BCUT2D eigenvalue weighted by Gasteiger charge is -2.28. The Morgan fingerprint density at radius 1 is 1.06 bits per heavy atom. The summed E-state index contributed by atoms with van der Waals surface area (Å²) >= 11 is 0. The summed E-state index contributed by atoms with van der Waals surface area (Å²) in [6, 6.07) is 12.6. The summed E-state index contributed by atoms with van der Waals surface area (Å²) in [5.74, 6) is 1.10. The minimum absolute atomic E-state index is 0.225. The largest absolute Gasteiger partial charge is 0.436 e. The third-order valence-corrected chi connectivity index (χ3v) is 5.01. The third kappa shape index (κ3) is 5.16. The second kappa shape index (κ2) is 9.53. The second-order valence-electron chi connectivity index (χ2n) is 7.16. The van der Waals surface area contributed by atoms with Crippen molar-refractivity contribution in [2.75, 3.05) is 31.2 Å². The highest BCUT2D eigenvalue weighted by molar-refractivity contribution is 5.94. The Morgan fingerprint density at radius 3 is 2.45 bits per heavy atom. The molecule has 4 rings (SSSR count). The number of anilines is 1. The van der Waals surface area contributed by atoms with Gasteiger partial charge in [-0.25, -0.2) is 14.4 Å². The molecule has 1 aromatic heterocycles. The molecule has 3 aromatic rings. The van der Waals surface area contributed by atoms with Gasteiger partial charge in [0.1, 0.15) is 11.6 Å². The molecule has 2 heterocycles. The second-order valence-corrected chi connectivity index (χ2v) is 7.16. The number of benzene rings is 2. The fourth-order valence-electron chi connectivity index (χ4n) is 3.28. The van der Waals surface area contributed by atoms with Crippen LogP contribution in [0.15, 0.2) is 60.9 Å². The van der Waals surface area contributed by atoms with E-state index in [9.17, 15) is 9.18 Å². The average molecular weight is 422 g/mol. The monoisotopic (exact) mass is 422 g/mol. The first-order valence-corrected chi connectivity index (χ1v) is 10.1. The predicted octanol–water partition coefficient (Wildman–Crippen LogP) is 3.74. The van der Waals surface area contributed by atoms with Gasteiger partial charge in [0.2, 0.25) is 0 Å². The first-order chi connectivity index (χ1) is 15.1. The zero-order chi connectivity index (χ0) is 21.6. The molecule has 2 aromatic carbocycles. The highest BCUT2D eigenvalue weighted by Crippen LogP contribution is 2.28. The summed E-state index contributed by atoms with van der Waals surface area (Å²) in [7, 11) is 0. The van der Waals surface area contributed by atoms with Crippen LogP contribution in [-0.2, 0) is 4.74 Å². The molecule has 1 fully saturated rings. The summed E-state index contributed by atoms with van der Waals surface area (Å²) < 4.78 is 24.4. The smallest absolute Gasteiger partial charge is 0.263 e. The molecule has 8 heteroatoms. The van der Waals surface area contributed by atoms with Gasteiger partial charge in [0.15, 0.2) is 5.82 Å². The van der Waals surface area contributed by atoms with Crippen LogP contribution in [0.2, 0.25) is 0 Å². The van der Waals surface area contributed by atoms with E-state index in [0.717, 1.165) is 18.7 Å². The molecule has 0 aliphatic carbocycles. The number of ether oxygens (including phenoxy) is 2. The highest BCUT2D eigenvalue weighted by Gasteiger charge is 2.19. The number of morpholine rings is 1. The van der Waals surface area contributed by atoms with Crippen LogP contribution in [0.4, 0.5) is 10.2 Å². The Bertz CT molecular complexity index is 1020. The number of rotatable bonds is 6. The molecule has 1 aliphatic heterocycles. The number of hydrogen-bond acceptors (Lipinski definition) is 6. The van der Waals surface area contributed by atoms with Crippen LogP contribution in [-0.4, -0.2) is 42.2 Å². The summed E-state index contributed by atoms with van der Waals surface area (Å²) in [6.45, 7) is 4.57. The minimum Gasteiger partial charge on any atom is -0.436 e. The number of nitrogens with one attached hydrogen (secondary N) is 1. The lowest BCUT2D eigenvalue weighted by Crippen LogP contribution is -2.37.